The topological polar surface area (TPSA) is 18.5 Å². The lowest BCUT2D eigenvalue weighted by Crippen LogP contribution is -2.38. The molecule has 2 heterocycles. The van der Waals surface area contributed by atoms with Crippen molar-refractivity contribution in [1.29, 1.82) is 0 Å². The molecule has 3 rings (SSSR count). The first-order valence-corrected chi connectivity index (χ1v) is 8.01. The second kappa shape index (κ2) is 5.89. The highest BCUT2D eigenvalue weighted by molar-refractivity contribution is 4.92. The first kappa shape index (κ1) is 12.9. The van der Waals surface area contributed by atoms with Crippen molar-refractivity contribution in [3.05, 3.63) is 0 Å². The molecule has 2 atom stereocenters. The van der Waals surface area contributed by atoms with Gasteiger partial charge in [0.2, 0.25) is 0 Å². The van der Waals surface area contributed by atoms with E-state index in [9.17, 15) is 0 Å². The highest BCUT2D eigenvalue weighted by atomic mass is 15.2. The van der Waals surface area contributed by atoms with Crippen LogP contribution in [0.15, 0.2) is 0 Å². The molecule has 3 nitrogen and oxygen atoms in total. The summed E-state index contributed by atoms with van der Waals surface area (Å²) in [6.45, 7) is 10.2. The van der Waals surface area contributed by atoms with E-state index in [1.54, 1.807) is 0 Å². The zero-order valence-corrected chi connectivity index (χ0v) is 11.9. The van der Waals surface area contributed by atoms with Crippen LogP contribution in [0.4, 0.5) is 0 Å². The molecule has 104 valence electrons. The van der Waals surface area contributed by atoms with E-state index in [0.29, 0.717) is 0 Å². The van der Waals surface area contributed by atoms with Gasteiger partial charge in [-0.1, -0.05) is 6.92 Å². The van der Waals surface area contributed by atoms with Crippen LogP contribution in [0.1, 0.15) is 39.0 Å². The highest BCUT2D eigenvalue weighted by Gasteiger charge is 2.34. The summed E-state index contributed by atoms with van der Waals surface area (Å²) >= 11 is 0. The standard InChI is InChI=1S/C15H29N3/c1-13(11-17-7-2-3-8-17)10-16-14-6-9-18(12-14)15-4-5-15/h13-16H,2-12H2,1H3. The average Bonchev–Trinajstić information content (AvgIpc) is 2.90. The highest BCUT2D eigenvalue weighted by Crippen LogP contribution is 2.29. The van der Waals surface area contributed by atoms with Gasteiger partial charge in [0.15, 0.2) is 0 Å². The molecule has 0 aromatic carbocycles. The summed E-state index contributed by atoms with van der Waals surface area (Å²) in [5.74, 6) is 0.804. The Morgan fingerprint density at radius 2 is 1.89 bits per heavy atom. The maximum absolute atomic E-state index is 3.80. The molecular formula is C15H29N3. The van der Waals surface area contributed by atoms with E-state index < -0.39 is 0 Å². The minimum Gasteiger partial charge on any atom is -0.312 e. The Labute approximate surface area is 112 Å². The molecule has 3 heteroatoms. The van der Waals surface area contributed by atoms with Gasteiger partial charge in [-0.15, -0.1) is 0 Å². The molecule has 1 saturated carbocycles. The number of nitrogens with one attached hydrogen (secondary N) is 1. The van der Waals surface area contributed by atoms with E-state index in [2.05, 4.69) is 22.0 Å². The van der Waals surface area contributed by atoms with Crippen LogP contribution < -0.4 is 5.32 Å². The summed E-state index contributed by atoms with van der Waals surface area (Å²) in [6, 6.07) is 1.73. The second-order valence-corrected chi connectivity index (χ2v) is 6.73. The Morgan fingerprint density at radius 1 is 1.11 bits per heavy atom. The fourth-order valence-corrected chi connectivity index (χ4v) is 3.56. The Morgan fingerprint density at radius 3 is 2.61 bits per heavy atom. The molecule has 0 amide bonds. The lowest BCUT2D eigenvalue weighted by Gasteiger charge is -2.22. The van der Waals surface area contributed by atoms with Crippen molar-refractivity contribution in [1.82, 2.24) is 15.1 Å². The average molecular weight is 251 g/mol. The molecule has 18 heavy (non-hydrogen) atoms. The van der Waals surface area contributed by atoms with Gasteiger partial charge in [0, 0.05) is 31.7 Å². The molecule has 1 aliphatic carbocycles. The van der Waals surface area contributed by atoms with Gasteiger partial charge >= 0.3 is 0 Å². The molecule has 2 aliphatic heterocycles. The van der Waals surface area contributed by atoms with Crippen molar-refractivity contribution in [2.75, 3.05) is 39.3 Å². The Bertz CT molecular complexity index is 258. The third kappa shape index (κ3) is 3.46. The predicted octanol–water partition coefficient (Wildman–Crippen LogP) is 1.54. The van der Waals surface area contributed by atoms with E-state index in [1.165, 1.54) is 71.4 Å². The maximum Gasteiger partial charge on any atom is 0.0207 e. The number of hydrogen-bond acceptors (Lipinski definition) is 3. The first-order chi connectivity index (χ1) is 8.81. The molecule has 0 aromatic rings. The molecule has 3 aliphatic rings. The van der Waals surface area contributed by atoms with Crippen molar-refractivity contribution in [3.8, 4) is 0 Å². The number of nitrogens with zero attached hydrogens (tertiary/aromatic N) is 2. The van der Waals surface area contributed by atoms with Gasteiger partial charge in [0.05, 0.1) is 0 Å². The summed E-state index contributed by atoms with van der Waals surface area (Å²) in [5.41, 5.74) is 0. The van der Waals surface area contributed by atoms with E-state index in [4.69, 9.17) is 0 Å². The minimum absolute atomic E-state index is 0.770. The quantitative estimate of drug-likeness (QED) is 0.772. The SMILES string of the molecule is CC(CNC1CCN(C2CC2)C1)CN1CCCC1. The van der Waals surface area contributed by atoms with E-state index in [0.717, 1.165) is 18.0 Å². The Hall–Kier alpha value is -0.120. The van der Waals surface area contributed by atoms with Crippen LogP contribution in [-0.4, -0.2) is 61.2 Å². The van der Waals surface area contributed by atoms with Gasteiger partial charge in [0.25, 0.3) is 0 Å². The molecule has 2 unspecified atom stereocenters. The van der Waals surface area contributed by atoms with Crippen molar-refractivity contribution >= 4 is 0 Å². The predicted molar refractivity (Wildman–Crippen MR) is 75.8 cm³/mol. The van der Waals surface area contributed by atoms with Crippen LogP contribution in [-0.2, 0) is 0 Å². The van der Waals surface area contributed by atoms with E-state index in [1.807, 2.05) is 0 Å². The number of hydrogen-bond donors (Lipinski definition) is 1. The van der Waals surface area contributed by atoms with Crippen LogP contribution >= 0.6 is 0 Å². The van der Waals surface area contributed by atoms with Gasteiger partial charge in [-0.2, -0.15) is 0 Å². The molecular weight excluding hydrogens is 222 g/mol. The largest absolute Gasteiger partial charge is 0.312 e. The Kier molecular flexibility index (Phi) is 4.22. The van der Waals surface area contributed by atoms with Crippen molar-refractivity contribution in [2.45, 2.75) is 51.1 Å². The Balaban J connectivity index is 1.31. The summed E-state index contributed by atoms with van der Waals surface area (Å²) in [6.07, 6.45) is 7.11. The third-order valence-electron chi connectivity index (χ3n) is 4.81. The zero-order chi connectivity index (χ0) is 12.4. The summed E-state index contributed by atoms with van der Waals surface area (Å²) in [7, 11) is 0. The normalized spacial score (nSPS) is 32.2. The van der Waals surface area contributed by atoms with E-state index in [-0.39, 0.29) is 0 Å². The molecule has 0 aromatic heterocycles. The van der Waals surface area contributed by atoms with Crippen molar-refractivity contribution < 1.29 is 0 Å². The van der Waals surface area contributed by atoms with Gasteiger partial charge in [-0.25, -0.2) is 0 Å². The number of rotatable bonds is 6. The molecule has 0 bridgehead atoms. The fraction of sp³-hybridized carbons (Fsp3) is 1.00. The molecule has 2 saturated heterocycles. The maximum atomic E-state index is 3.80. The van der Waals surface area contributed by atoms with Crippen LogP contribution in [0, 0.1) is 5.92 Å². The first-order valence-electron chi connectivity index (χ1n) is 8.01. The zero-order valence-electron chi connectivity index (χ0n) is 11.9. The summed E-state index contributed by atoms with van der Waals surface area (Å²) in [5, 5.41) is 3.80. The van der Waals surface area contributed by atoms with Crippen LogP contribution in [0.5, 0.6) is 0 Å². The third-order valence-corrected chi connectivity index (χ3v) is 4.81. The van der Waals surface area contributed by atoms with Gasteiger partial charge in [0.1, 0.15) is 0 Å². The molecule has 3 fully saturated rings. The summed E-state index contributed by atoms with van der Waals surface area (Å²) in [4.78, 5) is 5.33. The smallest absolute Gasteiger partial charge is 0.0207 e. The van der Waals surface area contributed by atoms with Crippen molar-refractivity contribution in [2.24, 2.45) is 5.92 Å². The van der Waals surface area contributed by atoms with E-state index >= 15 is 0 Å². The van der Waals surface area contributed by atoms with Crippen LogP contribution in [0.2, 0.25) is 0 Å². The monoisotopic (exact) mass is 251 g/mol. The number of likely N-dealkylation sites (tertiary alicyclic amines) is 2. The second-order valence-electron chi connectivity index (χ2n) is 6.73. The summed E-state index contributed by atoms with van der Waals surface area (Å²) < 4.78 is 0. The minimum atomic E-state index is 0.770. The van der Waals surface area contributed by atoms with Gasteiger partial charge < -0.3 is 10.2 Å². The molecule has 1 N–H and O–H groups in total. The van der Waals surface area contributed by atoms with Gasteiger partial charge in [-0.3, -0.25) is 4.90 Å². The van der Waals surface area contributed by atoms with Gasteiger partial charge in [-0.05, 0) is 57.7 Å². The van der Waals surface area contributed by atoms with Crippen LogP contribution in [0.25, 0.3) is 0 Å². The molecule has 0 spiro atoms. The van der Waals surface area contributed by atoms with Crippen molar-refractivity contribution in [3.63, 3.8) is 0 Å². The molecule has 0 radical (unpaired) electrons. The fourth-order valence-electron chi connectivity index (χ4n) is 3.56. The lowest BCUT2D eigenvalue weighted by atomic mass is 10.1. The van der Waals surface area contributed by atoms with Crippen LogP contribution in [0.3, 0.4) is 0 Å². The lowest BCUT2D eigenvalue weighted by molar-refractivity contribution is 0.274.